The molecule has 0 aromatic heterocycles. The number of hydrogen-bond acceptors (Lipinski definition) is 4. The predicted octanol–water partition coefficient (Wildman–Crippen LogP) is 2.78. The highest BCUT2D eigenvalue weighted by Crippen LogP contribution is 2.34. The smallest absolute Gasteiger partial charge is 0.417 e. The van der Waals surface area contributed by atoms with Gasteiger partial charge in [-0.3, -0.25) is 0 Å². The standard InChI is InChI=1S/C12H9F3N2O2S/c13-12(14,15)10-3-9(2-1-7(10)4-16)20-6-8-5-17-11(18)19-8/h1-3,8H,5-6H2,(H,17,18)/t8-/m0/s1. The van der Waals surface area contributed by atoms with Crippen molar-refractivity contribution in [3.63, 3.8) is 0 Å². The van der Waals surface area contributed by atoms with E-state index in [2.05, 4.69) is 5.32 Å². The topological polar surface area (TPSA) is 62.1 Å². The van der Waals surface area contributed by atoms with Gasteiger partial charge in [-0.05, 0) is 18.2 Å². The second-order valence-electron chi connectivity index (χ2n) is 4.04. The maximum atomic E-state index is 12.8. The molecular formula is C12H9F3N2O2S. The number of alkyl halides is 3. The van der Waals surface area contributed by atoms with Gasteiger partial charge in [0.2, 0.25) is 0 Å². The van der Waals surface area contributed by atoms with E-state index in [0.29, 0.717) is 17.2 Å². The van der Waals surface area contributed by atoms with Crippen LogP contribution in [0.2, 0.25) is 0 Å². The van der Waals surface area contributed by atoms with Crippen molar-refractivity contribution in [3.05, 3.63) is 29.3 Å². The van der Waals surface area contributed by atoms with Crippen LogP contribution in [-0.2, 0) is 10.9 Å². The first-order valence-electron chi connectivity index (χ1n) is 5.59. The number of benzene rings is 1. The molecule has 1 fully saturated rings. The lowest BCUT2D eigenvalue weighted by atomic mass is 10.1. The first kappa shape index (κ1) is 14.5. The summed E-state index contributed by atoms with van der Waals surface area (Å²) in [6, 6.07) is 5.05. The molecule has 1 heterocycles. The Labute approximate surface area is 116 Å². The van der Waals surface area contributed by atoms with Crippen LogP contribution in [0.15, 0.2) is 23.1 Å². The fraction of sp³-hybridized carbons (Fsp3) is 0.333. The number of thioether (sulfide) groups is 1. The number of rotatable bonds is 3. The molecule has 1 atom stereocenters. The summed E-state index contributed by atoms with van der Waals surface area (Å²) >= 11 is 1.14. The first-order chi connectivity index (χ1) is 9.40. The Balaban J connectivity index is 2.09. The minimum Gasteiger partial charge on any atom is -0.443 e. The Kier molecular flexibility index (Phi) is 4.09. The molecule has 0 unspecified atom stereocenters. The summed E-state index contributed by atoms with van der Waals surface area (Å²) < 4.78 is 43.2. The van der Waals surface area contributed by atoms with Crippen LogP contribution in [0.5, 0.6) is 0 Å². The fourth-order valence-corrected chi connectivity index (χ4v) is 2.59. The molecule has 106 valence electrons. The summed E-state index contributed by atoms with van der Waals surface area (Å²) in [5, 5.41) is 11.1. The Bertz CT molecular complexity index is 569. The molecule has 0 bridgehead atoms. The van der Waals surface area contributed by atoms with E-state index in [9.17, 15) is 18.0 Å². The van der Waals surface area contributed by atoms with Crippen LogP contribution in [0.4, 0.5) is 18.0 Å². The number of hydrogen-bond donors (Lipinski definition) is 1. The molecule has 0 aliphatic carbocycles. The van der Waals surface area contributed by atoms with E-state index in [1.807, 2.05) is 0 Å². The number of cyclic esters (lactones) is 1. The molecule has 1 aliphatic heterocycles. The van der Waals surface area contributed by atoms with Gasteiger partial charge in [-0.2, -0.15) is 18.4 Å². The van der Waals surface area contributed by atoms with Gasteiger partial charge in [-0.15, -0.1) is 11.8 Å². The number of ether oxygens (including phenoxy) is 1. The van der Waals surface area contributed by atoms with Crippen molar-refractivity contribution in [2.45, 2.75) is 17.2 Å². The third-order valence-corrected chi connectivity index (χ3v) is 3.73. The highest BCUT2D eigenvalue weighted by Gasteiger charge is 2.34. The Morgan fingerprint density at radius 2 is 2.25 bits per heavy atom. The maximum absolute atomic E-state index is 12.8. The van der Waals surface area contributed by atoms with Gasteiger partial charge < -0.3 is 10.1 Å². The molecule has 0 radical (unpaired) electrons. The number of halogens is 3. The molecule has 2 rings (SSSR count). The van der Waals surface area contributed by atoms with Crippen LogP contribution in [0.3, 0.4) is 0 Å². The molecular weight excluding hydrogens is 293 g/mol. The molecule has 1 aliphatic rings. The van der Waals surface area contributed by atoms with Gasteiger partial charge >= 0.3 is 12.3 Å². The lowest BCUT2D eigenvalue weighted by Gasteiger charge is -2.11. The first-order valence-corrected chi connectivity index (χ1v) is 6.57. The zero-order valence-electron chi connectivity index (χ0n) is 10.0. The predicted molar refractivity (Wildman–Crippen MR) is 65.2 cm³/mol. The van der Waals surface area contributed by atoms with E-state index in [-0.39, 0.29) is 6.10 Å². The van der Waals surface area contributed by atoms with Crippen LogP contribution >= 0.6 is 11.8 Å². The lowest BCUT2D eigenvalue weighted by molar-refractivity contribution is -0.137. The van der Waals surface area contributed by atoms with E-state index in [0.717, 1.165) is 23.9 Å². The van der Waals surface area contributed by atoms with Crippen LogP contribution in [0, 0.1) is 11.3 Å². The summed E-state index contributed by atoms with van der Waals surface area (Å²) in [5.41, 5.74) is -1.36. The summed E-state index contributed by atoms with van der Waals surface area (Å²) in [6.07, 6.45) is -5.45. The van der Waals surface area contributed by atoms with Crippen molar-refractivity contribution >= 4 is 17.9 Å². The number of amides is 1. The second kappa shape index (κ2) is 5.63. The van der Waals surface area contributed by atoms with Gasteiger partial charge in [0.15, 0.2) is 0 Å². The van der Waals surface area contributed by atoms with Gasteiger partial charge in [0.05, 0.1) is 23.7 Å². The lowest BCUT2D eigenvalue weighted by Crippen LogP contribution is -2.16. The molecule has 1 aromatic rings. The average Bonchev–Trinajstić information content (AvgIpc) is 2.81. The highest BCUT2D eigenvalue weighted by atomic mass is 32.2. The van der Waals surface area contributed by atoms with Crippen molar-refractivity contribution in [3.8, 4) is 6.07 Å². The number of nitriles is 1. The summed E-state index contributed by atoms with van der Waals surface area (Å²) in [5.74, 6) is 0.349. The van der Waals surface area contributed by atoms with Crippen molar-refractivity contribution in [1.29, 1.82) is 5.26 Å². The van der Waals surface area contributed by atoms with Crippen LogP contribution < -0.4 is 5.32 Å². The van der Waals surface area contributed by atoms with Gasteiger partial charge in [0.1, 0.15) is 6.10 Å². The van der Waals surface area contributed by atoms with E-state index in [4.69, 9.17) is 10.00 Å². The number of nitrogens with zero attached hydrogens (tertiary/aromatic N) is 1. The van der Waals surface area contributed by atoms with Gasteiger partial charge in [-0.1, -0.05) is 0 Å². The second-order valence-corrected chi connectivity index (χ2v) is 5.13. The molecule has 1 saturated heterocycles. The van der Waals surface area contributed by atoms with Gasteiger partial charge in [0, 0.05) is 10.6 Å². The van der Waals surface area contributed by atoms with Crippen LogP contribution in [0.25, 0.3) is 0 Å². The van der Waals surface area contributed by atoms with Crippen molar-refractivity contribution in [1.82, 2.24) is 5.32 Å². The minimum absolute atomic E-state index is 0.342. The number of carbonyl (C=O) groups is 1. The van der Waals surface area contributed by atoms with E-state index in [1.165, 1.54) is 12.1 Å². The summed E-state index contributed by atoms with van der Waals surface area (Å²) in [6.45, 7) is 0.342. The average molecular weight is 302 g/mol. The van der Waals surface area contributed by atoms with Crippen LogP contribution in [-0.4, -0.2) is 24.5 Å². The van der Waals surface area contributed by atoms with E-state index >= 15 is 0 Å². The zero-order valence-corrected chi connectivity index (χ0v) is 10.8. The number of nitrogens with one attached hydrogen (secondary N) is 1. The Morgan fingerprint density at radius 1 is 1.50 bits per heavy atom. The molecule has 0 spiro atoms. The molecule has 1 aromatic carbocycles. The molecule has 1 N–H and O–H groups in total. The monoisotopic (exact) mass is 302 g/mol. The largest absolute Gasteiger partial charge is 0.443 e. The van der Waals surface area contributed by atoms with Crippen molar-refractivity contribution < 1.29 is 22.7 Å². The third kappa shape index (κ3) is 3.36. The minimum atomic E-state index is -4.57. The fourth-order valence-electron chi connectivity index (χ4n) is 1.66. The summed E-state index contributed by atoms with van der Waals surface area (Å²) in [4.78, 5) is 11.2. The number of carbonyl (C=O) groups excluding carboxylic acids is 1. The highest BCUT2D eigenvalue weighted by molar-refractivity contribution is 7.99. The third-order valence-electron chi connectivity index (χ3n) is 2.60. The summed E-state index contributed by atoms with van der Waals surface area (Å²) in [7, 11) is 0. The molecule has 20 heavy (non-hydrogen) atoms. The Hall–Kier alpha value is -1.88. The molecule has 8 heteroatoms. The van der Waals surface area contributed by atoms with Crippen molar-refractivity contribution in [2.75, 3.05) is 12.3 Å². The van der Waals surface area contributed by atoms with Crippen molar-refractivity contribution in [2.24, 2.45) is 0 Å². The SMILES string of the molecule is N#Cc1ccc(SC[C@@H]2CNC(=O)O2)cc1C(F)(F)F. The maximum Gasteiger partial charge on any atom is 0.417 e. The van der Waals surface area contributed by atoms with Crippen LogP contribution in [0.1, 0.15) is 11.1 Å². The van der Waals surface area contributed by atoms with Gasteiger partial charge in [-0.25, -0.2) is 4.79 Å². The molecule has 4 nitrogen and oxygen atoms in total. The normalized spacial score (nSPS) is 18.3. The number of alkyl carbamates (subject to hydrolysis) is 1. The molecule has 1 amide bonds. The van der Waals surface area contributed by atoms with E-state index < -0.39 is 23.4 Å². The van der Waals surface area contributed by atoms with Gasteiger partial charge in [0.25, 0.3) is 0 Å². The Morgan fingerprint density at radius 3 is 2.80 bits per heavy atom. The molecule has 0 saturated carbocycles. The quantitative estimate of drug-likeness (QED) is 0.872. The van der Waals surface area contributed by atoms with E-state index in [1.54, 1.807) is 0 Å². The zero-order chi connectivity index (χ0) is 14.8.